The largest absolute Gasteiger partial charge is 0.379 e. The van der Waals surface area contributed by atoms with E-state index in [9.17, 15) is 9.18 Å². The molecule has 0 aliphatic rings. The first-order valence-electron chi connectivity index (χ1n) is 7.64. The van der Waals surface area contributed by atoms with Gasteiger partial charge >= 0.3 is 0 Å². The maximum absolute atomic E-state index is 12.9. The van der Waals surface area contributed by atoms with Gasteiger partial charge in [-0.25, -0.2) is 4.39 Å². The van der Waals surface area contributed by atoms with Gasteiger partial charge in [0, 0.05) is 24.8 Å². The molecule has 0 fully saturated rings. The first kappa shape index (κ1) is 17.1. The van der Waals surface area contributed by atoms with Gasteiger partial charge in [-0.2, -0.15) is 0 Å². The molecule has 1 heterocycles. The average Bonchev–Trinajstić information content (AvgIpc) is 2.95. The smallest absolute Gasteiger partial charge is 0.226 e. The van der Waals surface area contributed by atoms with Crippen LogP contribution in [0.15, 0.2) is 34.9 Å². The summed E-state index contributed by atoms with van der Waals surface area (Å²) in [5.74, 6) is 0.0842. The van der Waals surface area contributed by atoms with Gasteiger partial charge in [0.05, 0.1) is 18.2 Å². The van der Waals surface area contributed by atoms with Crippen LogP contribution in [0.25, 0.3) is 11.3 Å². The molecule has 0 radical (unpaired) electrons. The number of benzene rings is 1. The summed E-state index contributed by atoms with van der Waals surface area (Å²) in [7, 11) is 0. The van der Waals surface area contributed by atoms with Crippen molar-refractivity contribution in [3.63, 3.8) is 0 Å². The summed E-state index contributed by atoms with van der Waals surface area (Å²) < 4.78 is 23.5. The second-order valence-corrected chi connectivity index (χ2v) is 5.49. The Labute approximate surface area is 134 Å². The van der Waals surface area contributed by atoms with Gasteiger partial charge in [0.15, 0.2) is 5.76 Å². The van der Waals surface area contributed by atoms with Crippen LogP contribution in [0, 0.1) is 5.82 Å². The lowest BCUT2D eigenvalue weighted by Gasteiger charge is -2.07. The first-order valence-corrected chi connectivity index (χ1v) is 7.64. The van der Waals surface area contributed by atoms with Crippen LogP contribution in [0.1, 0.15) is 26.0 Å². The maximum atomic E-state index is 12.9. The van der Waals surface area contributed by atoms with Gasteiger partial charge in [-0.15, -0.1) is 0 Å². The molecule has 5 nitrogen and oxygen atoms in total. The van der Waals surface area contributed by atoms with Gasteiger partial charge in [-0.05, 0) is 44.5 Å². The zero-order chi connectivity index (χ0) is 16.7. The summed E-state index contributed by atoms with van der Waals surface area (Å²) in [6.07, 6.45) is 1.12. The molecule has 23 heavy (non-hydrogen) atoms. The Morgan fingerprint density at radius 2 is 2.09 bits per heavy atom. The number of halogens is 1. The van der Waals surface area contributed by atoms with Crippen LogP contribution in [0.2, 0.25) is 0 Å². The number of hydrogen-bond donors (Lipinski definition) is 1. The van der Waals surface area contributed by atoms with E-state index in [-0.39, 0.29) is 24.2 Å². The van der Waals surface area contributed by atoms with E-state index in [1.54, 1.807) is 18.2 Å². The lowest BCUT2D eigenvalue weighted by atomic mass is 10.1. The highest BCUT2D eigenvalue weighted by atomic mass is 19.1. The minimum absolute atomic E-state index is 0.117. The third kappa shape index (κ3) is 5.83. The predicted octanol–water partition coefficient (Wildman–Crippen LogP) is 2.95. The quantitative estimate of drug-likeness (QED) is 0.760. The molecule has 1 aromatic heterocycles. The molecule has 0 aliphatic carbocycles. The average molecular weight is 320 g/mol. The fraction of sp³-hybridized carbons (Fsp3) is 0.412. The van der Waals surface area contributed by atoms with E-state index in [4.69, 9.17) is 9.26 Å². The molecule has 0 unspecified atom stereocenters. The summed E-state index contributed by atoms with van der Waals surface area (Å²) in [6, 6.07) is 7.60. The van der Waals surface area contributed by atoms with E-state index in [1.165, 1.54) is 12.1 Å². The normalized spacial score (nSPS) is 11.0. The van der Waals surface area contributed by atoms with E-state index in [1.807, 2.05) is 13.8 Å². The van der Waals surface area contributed by atoms with Crippen molar-refractivity contribution in [1.29, 1.82) is 0 Å². The summed E-state index contributed by atoms with van der Waals surface area (Å²) in [5.41, 5.74) is 1.26. The van der Waals surface area contributed by atoms with Crippen LogP contribution in [0.3, 0.4) is 0 Å². The number of carbonyl (C=O) groups excluding carboxylic acids is 1. The van der Waals surface area contributed by atoms with Gasteiger partial charge in [0.25, 0.3) is 0 Å². The highest BCUT2D eigenvalue weighted by molar-refractivity contribution is 5.78. The number of nitrogens with zero attached hydrogens (tertiary/aromatic N) is 1. The van der Waals surface area contributed by atoms with Crippen molar-refractivity contribution in [2.45, 2.75) is 32.8 Å². The van der Waals surface area contributed by atoms with Crippen molar-refractivity contribution in [2.75, 3.05) is 13.2 Å². The fourth-order valence-electron chi connectivity index (χ4n) is 1.99. The molecule has 0 saturated carbocycles. The first-order chi connectivity index (χ1) is 11.0. The number of carbonyl (C=O) groups is 1. The molecule has 1 N–H and O–H groups in total. The van der Waals surface area contributed by atoms with E-state index < -0.39 is 0 Å². The van der Waals surface area contributed by atoms with Crippen LogP contribution in [0.4, 0.5) is 4.39 Å². The predicted molar refractivity (Wildman–Crippen MR) is 84.3 cm³/mol. The van der Waals surface area contributed by atoms with Crippen molar-refractivity contribution in [1.82, 2.24) is 10.5 Å². The fourth-order valence-corrected chi connectivity index (χ4v) is 1.99. The molecule has 6 heteroatoms. The number of ether oxygens (including phenoxy) is 1. The van der Waals surface area contributed by atoms with Crippen LogP contribution < -0.4 is 5.32 Å². The van der Waals surface area contributed by atoms with Crippen molar-refractivity contribution < 1.29 is 18.4 Å². The third-order valence-electron chi connectivity index (χ3n) is 3.12. The van der Waals surface area contributed by atoms with E-state index in [0.717, 1.165) is 12.0 Å². The van der Waals surface area contributed by atoms with Gasteiger partial charge in [-0.3, -0.25) is 4.79 Å². The SMILES string of the molecule is CC(C)OCCCNC(=O)Cc1cc(-c2ccc(F)cc2)on1. The van der Waals surface area contributed by atoms with Crippen LogP contribution in [-0.2, 0) is 16.0 Å². The van der Waals surface area contributed by atoms with E-state index >= 15 is 0 Å². The maximum Gasteiger partial charge on any atom is 0.226 e. The van der Waals surface area contributed by atoms with E-state index in [0.29, 0.717) is 24.6 Å². The standard InChI is InChI=1S/C17H21FN2O3/c1-12(2)22-9-3-8-19-17(21)11-15-10-16(23-20-15)13-4-6-14(18)7-5-13/h4-7,10,12H,3,8-9,11H2,1-2H3,(H,19,21). The number of hydrogen-bond acceptors (Lipinski definition) is 4. The summed E-state index contributed by atoms with van der Waals surface area (Å²) in [4.78, 5) is 11.8. The van der Waals surface area contributed by atoms with Crippen molar-refractivity contribution in [3.05, 3.63) is 41.8 Å². The Balaban J connectivity index is 1.77. The molecule has 2 aromatic rings. The Bertz CT molecular complexity index is 623. The molecule has 0 bridgehead atoms. The Hall–Kier alpha value is -2.21. The van der Waals surface area contributed by atoms with Crippen LogP contribution in [-0.4, -0.2) is 30.3 Å². The second-order valence-electron chi connectivity index (χ2n) is 5.49. The third-order valence-corrected chi connectivity index (χ3v) is 3.12. The highest BCUT2D eigenvalue weighted by Crippen LogP contribution is 2.20. The summed E-state index contributed by atoms with van der Waals surface area (Å²) in [6.45, 7) is 5.13. The number of rotatable bonds is 8. The molecular weight excluding hydrogens is 299 g/mol. The number of aromatic nitrogens is 1. The minimum atomic E-state index is -0.311. The van der Waals surface area contributed by atoms with Crippen molar-refractivity contribution in [3.8, 4) is 11.3 Å². The number of amides is 1. The zero-order valence-electron chi connectivity index (χ0n) is 13.3. The lowest BCUT2D eigenvalue weighted by Crippen LogP contribution is -2.27. The highest BCUT2D eigenvalue weighted by Gasteiger charge is 2.10. The minimum Gasteiger partial charge on any atom is -0.379 e. The Kier molecular flexibility index (Phi) is 6.29. The monoisotopic (exact) mass is 320 g/mol. The Morgan fingerprint density at radius 3 is 2.78 bits per heavy atom. The summed E-state index contributed by atoms with van der Waals surface area (Å²) >= 11 is 0. The van der Waals surface area contributed by atoms with Crippen LogP contribution in [0.5, 0.6) is 0 Å². The molecule has 0 atom stereocenters. The number of nitrogens with one attached hydrogen (secondary N) is 1. The topological polar surface area (TPSA) is 64.4 Å². The zero-order valence-corrected chi connectivity index (χ0v) is 13.3. The molecule has 0 spiro atoms. The molecule has 2 rings (SSSR count). The Morgan fingerprint density at radius 1 is 1.35 bits per heavy atom. The molecule has 1 aromatic carbocycles. The second kappa shape index (κ2) is 8.43. The van der Waals surface area contributed by atoms with Crippen molar-refractivity contribution in [2.24, 2.45) is 0 Å². The van der Waals surface area contributed by atoms with Crippen LogP contribution >= 0.6 is 0 Å². The van der Waals surface area contributed by atoms with Gasteiger partial charge < -0.3 is 14.6 Å². The lowest BCUT2D eigenvalue weighted by molar-refractivity contribution is -0.120. The van der Waals surface area contributed by atoms with Gasteiger partial charge in [0.1, 0.15) is 5.82 Å². The molecule has 1 amide bonds. The molecule has 0 aliphatic heterocycles. The summed E-state index contributed by atoms with van der Waals surface area (Å²) in [5, 5.41) is 6.68. The van der Waals surface area contributed by atoms with Gasteiger partial charge in [-0.1, -0.05) is 5.16 Å². The van der Waals surface area contributed by atoms with Gasteiger partial charge in [0.2, 0.25) is 5.91 Å². The molecule has 0 saturated heterocycles. The van der Waals surface area contributed by atoms with E-state index in [2.05, 4.69) is 10.5 Å². The molecule has 124 valence electrons. The molecular formula is C17H21FN2O3. The van der Waals surface area contributed by atoms with Crippen molar-refractivity contribution >= 4 is 5.91 Å².